The minimum absolute atomic E-state index is 0.0891. The van der Waals surface area contributed by atoms with Crippen LogP contribution in [0.4, 0.5) is 8.78 Å². The molecule has 0 bridgehead atoms. The summed E-state index contributed by atoms with van der Waals surface area (Å²) in [5.41, 5.74) is 2.71. The summed E-state index contributed by atoms with van der Waals surface area (Å²) >= 11 is 0. The van der Waals surface area contributed by atoms with Gasteiger partial charge in [-0.1, -0.05) is 42.5 Å². The molecule has 0 aliphatic heterocycles. The molecule has 0 amide bonds. The molecule has 0 fully saturated rings. The number of fused-ring (bicyclic) bond motifs is 1. The Hall–Kier alpha value is -3.34. The second kappa shape index (κ2) is 6.76. The Morgan fingerprint density at radius 3 is 2.48 bits per heavy atom. The molecule has 0 aliphatic carbocycles. The van der Waals surface area contributed by atoms with Gasteiger partial charge in [-0.2, -0.15) is 5.10 Å². The van der Waals surface area contributed by atoms with E-state index in [1.54, 1.807) is 28.9 Å². The van der Waals surface area contributed by atoms with E-state index < -0.39 is 11.6 Å². The quantitative estimate of drug-likeness (QED) is 0.530. The van der Waals surface area contributed by atoms with Crippen molar-refractivity contribution >= 4 is 10.9 Å². The lowest BCUT2D eigenvalue weighted by atomic mass is 10.0. The number of aryl methyl sites for hydroxylation is 1. The molecule has 3 nitrogen and oxygen atoms in total. The van der Waals surface area contributed by atoms with Crippen LogP contribution in [0.3, 0.4) is 0 Å². The van der Waals surface area contributed by atoms with Gasteiger partial charge in [0.05, 0.1) is 12.1 Å². The van der Waals surface area contributed by atoms with E-state index in [0.29, 0.717) is 22.2 Å². The first-order valence-electron chi connectivity index (χ1n) is 8.54. The van der Waals surface area contributed by atoms with E-state index in [2.05, 4.69) is 5.10 Å². The van der Waals surface area contributed by atoms with Crippen molar-refractivity contribution in [3.63, 3.8) is 0 Å². The average molecular weight is 362 g/mol. The lowest BCUT2D eigenvalue weighted by Crippen LogP contribution is -2.18. The van der Waals surface area contributed by atoms with Crippen LogP contribution in [0.25, 0.3) is 22.2 Å². The zero-order valence-corrected chi connectivity index (χ0v) is 14.6. The third-order valence-electron chi connectivity index (χ3n) is 4.60. The summed E-state index contributed by atoms with van der Waals surface area (Å²) < 4.78 is 29.0. The molecule has 0 atom stereocenters. The summed E-state index contributed by atoms with van der Waals surface area (Å²) in [6.07, 6.45) is 0. The third kappa shape index (κ3) is 3.12. The van der Waals surface area contributed by atoms with E-state index in [1.807, 2.05) is 31.2 Å². The van der Waals surface area contributed by atoms with Crippen LogP contribution in [0.15, 0.2) is 71.5 Å². The summed E-state index contributed by atoms with van der Waals surface area (Å²) in [4.78, 5) is 13.0. The van der Waals surface area contributed by atoms with Gasteiger partial charge in [0.25, 0.3) is 0 Å². The zero-order valence-electron chi connectivity index (χ0n) is 14.6. The van der Waals surface area contributed by atoms with Crippen LogP contribution in [-0.4, -0.2) is 9.78 Å². The molecule has 4 aromatic rings. The number of benzene rings is 3. The van der Waals surface area contributed by atoms with Crippen molar-refractivity contribution in [2.75, 3.05) is 0 Å². The molecule has 0 radical (unpaired) electrons. The fourth-order valence-corrected chi connectivity index (χ4v) is 3.18. The second-order valence-corrected chi connectivity index (χ2v) is 6.40. The zero-order chi connectivity index (χ0) is 19.0. The Labute approximate surface area is 154 Å². The molecule has 27 heavy (non-hydrogen) atoms. The molecule has 5 heteroatoms. The molecular weight excluding hydrogens is 346 g/mol. The van der Waals surface area contributed by atoms with Crippen LogP contribution in [-0.2, 0) is 6.54 Å². The molecule has 3 aromatic carbocycles. The number of rotatable bonds is 3. The lowest BCUT2D eigenvalue weighted by Gasteiger charge is -2.14. The fraction of sp³-hybridized carbons (Fsp3) is 0.0909. The van der Waals surface area contributed by atoms with Gasteiger partial charge in [-0.3, -0.25) is 9.48 Å². The lowest BCUT2D eigenvalue weighted by molar-refractivity contribution is 0.560. The first-order valence-corrected chi connectivity index (χ1v) is 8.54. The largest absolute Gasteiger partial charge is 0.287 e. The Kier molecular flexibility index (Phi) is 4.28. The maximum absolute atomic E-state index is 14.2. The third-order valence-corrected chi connectivity index (χ3v) is 4.60. The standard InChI is InChI=1S/C22H16F2N2O/c1-14-6-2-3-7-17(14)21-22(27)18-8-4-5-9-20(18)26(25-21)13-15-10-11-16(23)12-19(15)24/h2-12H,13H2,1H3. The van der Waals surface area contributed by atoms with Crippen LogP contribution in [0, 0.1) is 18.6 Å². The van der Waals surface area contributed by atoms with Gasteiger partial charge in [0.2, 0.25) is 5.43 Å². The van der Waals surface area contributed by atoms with E-state index in [9.17, 15) is 13.6 Å². The van der Waals surface area contributed by atoms with Crippen molar-refractivity contribution in [2.45, 2.75) is 13.5 Å². The van der Waals surface area contributed by atoms with Crippen molar-refractivity contribution in [1.29, 1.82) is 0 Å². The summed E-state index contributed by atoms with van der Waals surface area (Å²) in [6, 6.07) is 18.1. The van der Waals surface area contributed by atoms with Crippen molar-refractivity contribution < 1.29 is 8.78 Å². The molecule has 0 unspecified atom stereocenters. The summed E-state index contributed by atoms with van der Waals surface area (Å²) in [7, 11) is 0. The molecule has 0 saturated carbocycles. The van der Waals surface area contributed by atoms with E-state index in [0.717, 1.165) is 17.2 Å². The Balaban J connectivity index is 1.96. The van der Waals surface area contributed by atoms with Gasteiger partial charge in [0, 0.05) is 22.6 Å². The van der Waals surface area contributed by atoms with E-state index in [4.69, 9.17) is 0 Å². The van der Waals surface area contributed by atoms with Gasteiger partial charge < -0.3 is 0 Å². The van der Waals surface area contributed by atoms with Gasteiger partial charge in [-0.05, 0) is 30.7 Å². The molecule has 134 valence electrons. The molecule has 0 aliphatic rings. The van der Waals surface area contributed by atoms with Crippen LogP contribution in [0.2, 0.25) is 0 Å². The van der Waals surface area contributed by atoms with Gasteiger partial charge >= 0.3 is 0 Å². The number of aromatic nitrogens is 2. The number of hydrogen-bond acceptors (Lipinski definition) is 2. The minimum Gasteiger partial charge on any atom is -0.287 e. The Bertz CT molecular complexity index is 1210. The van der Waals surface area contributed by atoms with Gasteiger partial charge in [-0.15, -0.1) is 0 Å². The van der Waals surface area contributed by atoms with Crippen LogP contribution in [0.5, 0.6) is 0 Å². The highest BCUT2D eigenvalue weighted by atomic mass is 19.1. The number of para-hydroxylation sites is 1. The Morgan fingerprint density at radius 1 is 0.963 bits per heavy atom. The van der Waals surface area contributed by atoms with Crippen molar-refractivity contribution in [3.8, 4) is 11.3 Å². The highest BCUT2D eigenvalue weighted by molar-refractivity contribution is 5.82. The fourth-order valence-electron chi connectivity index (χ4n) is 3.18. The van der Waals surface area contributed by atoms with E-state index in [-0.39, 0.29) is 12.0 Å². The molecular formula is C22H16F2N2O. The second-order valence-electron chi connectivity index (χ2n) is 6.40. The number of nitrogens with zero attached hydrogens (tertiary/aromatic N) is 2. The summed E-state index contributed by atoms with van der Waals surface area (Å²) in [5, 5.41) is 5.04. The van der Waals surface area contributed by atoms with Gasteiger partial charge in [-0.25, -0.2) is 8.78 Å². The predicted molar refractivity (Wildman–Crippen MR) is 102 cm³/mol. The minimum atomic E-state index is -0.642. The number of hydrogen-bond donors (Lipinski definition) is 0. The predicted octanol–water partition coefficient (Wildman–Crippen LogP) is 4.70. The maximum Gasteiger partial charge on any atom is 0.215 e. The topological polar surface area (TPSA) is 34.9 Å². The molecule has 1 aromatic heterocycles. The average Bonchev–Trinajstić information content (AvgIpc) is 2.67. The number of halogens is 2. The molecule has 0 spiro atoms. The highest BCUT2D eigenvalue weighted by Gasteiger charge is 2.15. The first kappa shape index (κ1) is 17.1. The van der Waals surface area contributed by atoms with Crippen LogP contribution < -0.4 is 5.43 Å². The first-order chi connectivity index (χ1) is 13.0. The van der Waals surface area contributed by atoms with Crippen LogP contribution >= 0.6 is 0 Å². The Morgan fingerprint density at radius 2 is 1.70 bits per heavy atom. The smallest absolute Gasteiger partial charge is 0.215 e. The summed E-state index contributed by atoms with van der Waals surface area (Å²) in [6.45, 7) is 2.00. The van der Waals surface area contributed by atoms with E-state index in [1.165, 1.54) is 12.1 Å². The molecule has 0 N–H and O–H groups in total. The van der Waals surface area contributed by atoms with Crippen molar-refractivity contribution in [2.24, 2.45) is 0 Å². The van der Waals surface area contributed by atoms with Crippen molar-refractivity contribution in [3.05, 3.63) is 99.7 Å². The highest BCUT2D eigenvalue weighted by Crippen LogP contribution is 2.21. The monoisotopic (exact) mass is 362 g/mol. The van der Waals surface area contributed by atoms with Gasteiger partial charge in [0.15, 0.2) is 0 Å². The maximum atomic E-state index is 14.2. The molecule has 1 heterocycles. The molecule has 4 rings (SSSR count). The normalized spacial score (nSPS) is 11.1. The SMILES string of the molecule is Cc1ccccc1-c1nn(Cc2ccc(F)cc2F)c2ccccc2c1=O. The van der Waals surface area contributed by atoms with E-state index >= 15 is 0 Å². The van der Waals surface area contributed by atoms with Crippen molar-refractivity contribution in [1.82, 2.24) is 9.78 Å². The summed E-state index contributed by atoms with van der Waals surface area (Å²) in [5.74, 6) is -1.27. The molecule has 0 saturated heterocycles. The van der Waals surface area contributed by atoms with Crippen LogP contribution in [0.1, 0.15) is 11.1 Å². The van der Waals surface area contributed by atoms with Gasteiger partial charge in [0.1, 0.15) is 17.3 Å².